The first-order valence-corrected chi connectivity index (χ1v) is 6.88. The summed E-state index contributed by atoms with van der Waals surface area (Å²) in [6.45, 7) is 8.74. The summed E-state index contributed by atoms with van der Waals surface area (Å²) in [5.41, 5.74) is 0.375. The predicted molar refractivity (Wildman–Crippen MR) is 78.6 cm³/mol. The van der Waals surface area contributed by atoms with Crippen molar-refractivity contribution in [3.05, 3.63) is 29.3 Å². The Balaban J connectivity index is 2.96. The second kappa shape index (κ2) is 6.61. The molecule has 0 fully saturated rings. The largest absolute Gasteiger partial charge is 0.481 e. The normalized spacial score (nSPS) is 12.6. The molecule has 0 spiro atoms. The average molecular weight is 294 g/mol. The number of hydrogen-bond acceptors (Lipinski definition) is 4. The zero-order chi connectivity index (χ0) is 16.2. The molecule has 1 rings (SSSR count). The Hall–Kier alpha value is -2.04. The lowest BCUT2D eigenvalue weighted by Crippen LogP contribution is -2.39. The number of aryl methyl sites for hydroxylation is 1. The molecule has 0 aliphatic heterocycles. The zero-order valence-corrected chi connectivity index (χ0v) is 13.1. The highest BCUT2D eigenvalue weighted by Crippen LogP contribution is 2.27. The van der Waals surface area contributed by atoms with Gasteiger partial charge in [0.2, 0.25) is 0 Å². The van der Waals surface area contributed by atoms with Gasteiger partial charge in [0.1, 0.15) is 5.75 Å². The van der Waals surface area contributed by atoms with E-state index in [1.54, 1.807) is 45.9 Å². The van der Waals surface area contributed by atoms with E-state index < -0.39 is 23.5 Å². The topological polar surface area (TPSA) is 72.8 Å². The third-order valence-electron chi connectivity index (χ3n) is 3.20. The van der Waals surface area contributed by atoms with Crippen LogP contribution in [-0.2, 0) is 14.3 Å². The molecule has 1 atom stereocenters. The molecule has 116 valence electrons. The van der Waals surface area contributed by atoms with Crippen LogP contribution >= 0.6 is 0 Å². The molecule has 0 saturated carbocycles. The number of esters is 1. The van der Waals surface area contributed by atoms with Gasteiger partial charge in [-0.15, -0.1) is 0 Å². The minimum absolute atomic E-state index is 0.291. The molecule has 0 aromatic heterocycles. The van der Waals surface area contributed by atoms with Gasteiger partial charge in [0.25, 0.3) is 0 Å². The SMILES string of the molecule is CCOC(=O)C(C)(C)Oc1ccc(C(C)C(=O)O)cc1C. The van der Waals surface area contributed by atoms with E-state index in [1.807, 2.05) is 6.92 Å². The number of carboxylic acid groups (broad SMARTS) is 1. The summed E-state index contributed by atoms with van der Waals surface area (Å²) in [4.78, 5) is 22.8. The number of hydrogen-bond donors (Lipinski definition) is 1. The fourth-order valence-corrected chi connectivity index (χ4v) is 1.82. The van der Waals surface area contributed by atoms with Crippen molar-refractivity contribution >= 4 is 11.9 Å². The van der Waals surface area contributed by atoms with E-state index in [2.05, 4.69) is 0 Å². The van der Waals surface area contributed by atoms with Crippen molar-refractivity contribution in [2.24, 2.45) is 0 Å². The molecular formula is C16H22O5. The van der Waals surface area contributed by atoms with E-state index in [0.29, 0.717) is 17.9 Å². The lowest BCUT2D eigenvalue weighted by Gasteiger charge is -2.25. The van der Waals surface area contributed by atoms with Gasteiger partial charge < -0.3 is 14.6 Å². The third-order valence-corrected chi connectivity index (χ3v) is 3.20. The van der Waals surface area contributed by atoms with Crippen LogP contribution in [0.4, 0.5) is 0 Å². The van der Waals surface area contributed by atoms with Crippen LogP contribution in [0.3, 0.4) is 0 Å². The summed E-state index contributed by atoms with van der Waals surface area (Å²) in [6, 6.07) is 5.14. The molecule has 0 heterocycles. The Morgan fingerprint density at radius 2 is 1.95 bits per heavy atom. The number of carbonyl (C=O) groups excluding carboxylic acids is 1. The highest BCUT2D eigenvalue weighted by Gasteiger charge is 2.32. The Kier molecular flexibility index (Phi) is 5.35. The van der Waals surface area contributed by atoms with Crippen LogP contribution in [-0.4, -0.2) is 29.3 Å². The molecule has 0 radical (unpaired) electrons. The number of carbonyl (C=O) groups is 2. The maximum Gasteiger partial charge on any atom is 0.349 e. The van der Waals surface area contributed by atoms with E-state index in [0.717, 1.165) is 5.56 Å². The number of rotatable bonds is 6. The molecular weight excluding hydrogens is 272 g/mol. The van der Waals surface area contributed by atoms with E-state index in [-0.39, 0.29) is 0 Å². The van der Waals surface area contributed by atoms with Crippen molar-refractivity contribution in [2.75, 3.05) is 6.61 Å². The molecule has 1 aromatic carbocycles. The number of carboxylic acids is 1. The quantitative estimate of drug-likeness (QED) is 0.817. The van der Waals surface area contributed by atoms with Crippen molar-refractivity contribution in [3.8, 4) is 5.75 Å². The van der Waals surface area contributed by atoms with Gasteiger partial charge in [0.15, 0.2) is 5.60 Å². The maximum absolute atomic E-state index is 11.8. The molecule has 5 nitrogen and oxygen atoms in total. The summed E-state index contributed by atoms with van der Waals surface area (Å²) in [6.07, 6.45) is 0. The second-order valence-electron chi connectivity index (χ2n) is 5.42. The van der Waals surface area contributed by atoms with Crippen LogP contribution in [0.2, 0.25) is 0 Å². The smallest absolute Gasteiger partial charge is 0.349 e. The predicted octanol–water partition coefficient (Wildman–Crippen LogP) is 2.90. The fraction of sp³-hybridized carbons (Fsp3) is 0.500. The number of benzene rings is 1. The van der Waals surface area contributed by atoms with Gasteiger partial charge in [-0.3, -0.25) is 4.79 Å². The summed E-state index contributed by atoms with van der Waals surface area (Å²) in [7, 11) is 0. The van der Waals surface area contributed by atoms with Gasteiger partial charge in [-0.2, -0.15) is 0 Å². The summed E-state index contributed by atoms with van der Waals surface area (Å²) < 4.78 is 10.7. The Bertz CT molecular complexity index is 533. The van der Waals surface area contributed by atoms with Crippen molar-refractivity contribution in [2.45, 2.75) is 46.1 Å². The van der Waals surface area contributed by atoms with E-state index in [4.69, 9.17) is 14.6 Å². The van der Waals surface area contributed by atoms with Gasteiger partial charge in [-0.1, -0.05) is 12.1 Å². The minimum Gasteiger partial charge on any atom is -0.481 e. The zero-order valence-electron chi connectivity index (χ0n) is 13.1. The summed E-state index contributed by atoms with van der Waals surface area (Å²) in [5.74, 6) is -1.37. The molecule has 1 unspecified atom stereocenters. The summed E-state index contributed by atoms with van der Waals surface area (Å²) >= 11 is 0. The first kappa shape index (κ1) is 17.0. The summed E-state index contributed by atoms with van der Waals surface area (Å²) in [5, 5.41) is 9.02. The molecule has 0 bridgehead atoms. The van der Waals surface area contributed by atoms with Gasteiger partial charge in [-0.05, 0) is 51.8 Å². The first-order chi connectivity index (χ1) is 9.69. The van der Waals surface area contributed by atoms with Crippen molar-refractivity contribution in [3.63, 3.8) is 0 Å². The molecule has 1 aromatic rings. The van der Waals surface area contributed by atoms with Crippen LogP contribution in [0.5, 0.6) is 5.75 Å². The maximum atomic E-state index is 11.8. The van der Waals surface area contributed by atoms with Crippen LogP contribution in [0.15, 0.2) is 18.2 Å². The molecule has 0 saturated heterocycles. The van der Waals surface area contributed by atoms with E-state index in [1.165, 1.54) is 0 Å². The Morgan fingerprint density at radius 1 is 1.33 bits per heavy atom. The standard InChI is InChI=1S/C16H22O5/c1-6-20-15(19)16(4,5)21-13-8-7-12(9-10(13)2)11(3)14(17)18/h7-9,11H,6H2,1-5H3,(H,17,18). The van der Waals surface area contributed by atoms with Crippen LogP contribution in [0.1, 0.15) is 44.7 Å². The number of ether oxygens (including phenoxy) is 2. The highest BCUT2D eigenvalue weighted by atomic mass is 16.6. The lowest BCUT2D eigenvalue weighted by atomic mass is 9.99. The Morgan fingerprint density at radius 3 is 2.43 bits per heavy atom. The van der Waals surface area contributed by atoms with Crippen molar-refractivity contribution in [1.29, 1.82) is 0 Å². The molecule has 21 heavy (non-hydrogen) atoms. The van der Waals surface area contributed by atoms with Gasteiger partial charge in [0, 0.05) is 0 Å². The van der Waals surface area contributed by atoms with Gasteiger partial charge in [-0.25, -0.2) is 4.79 Å². The van der Waals surface area contributed by atoms with Crippen LogP contribution in [0.25, 0.3) is 0 Å². The first-order valence-electron chi connectivity index (χ1n) is 6.88. The Labute approximate surface area is 124 Å². The highest BCUT2D eigenvalue weighted by molar-refractivity contribution is 5.79. The fourth-order valence-electron chi connectivity index (χ4n) is 1.82. The number of aliphatic carboxylic acids is 1. The van der Waals surface area contributed by atoms with E-state index in [9.17, 15) is 9.59 Å². The van der Waals surface area contributed by atoms with Crippen molar-refractivity contribution in [1.82, 2.24) is 0 Å². The molecule has 1 N–H and O–H groups in total. The van der Waals surface area contributed by atoms with Crippen LogP contribution in [0, 0.1) is 6.92 Å². The molecule has 0 aliphatic carbocycles. The molecule has 0 aliphatic rings. The molecule has 5 heteroatoms. The van der Waals surface area contributed by atoms with Gasteiger partial charge in [0.05, 0.1) is 12.5 Å². The molecule has 0 amide bonds. The lowest BCUT2D eigenvalue weighted by molar-refractivity contribution is -0.158. The average Bonchev–Trinajstić information content (AvgIpc) is 2.40. The van der Waals surface area contributed by atoms with Crippen LogP contribution < -0.4 is 4.74 Å². The van der Waals surface area contributed by atoms with Gasteiger partial charge >= 0.3 is 11.9 Å². The minimum atomic E-state index is -1.10. The van der Waals surface area contributed by atoms with Crippen molar-refractivity contribution < 1.29 is 24.2 Å². The third kappa shape index (κ3) is 4.21. The monoisotopic (exact) mass is 294 g/mol. The second-order valence-corrected chi connectivity index (χ2v) is 5.42. The van der Waals surface area contributed by atoms with E-state index >= 15 is 0 Å².